The highest BCUT2D eigenvalue weighted by Crippen LogP contribution is 2.27. The van der Waals surface area contributed by atoms with Crippen molar-refractivity contribution in [3.05, 3.63) is 77.9 Å². The van der Waals surface area contributed by atoms with Crippen LogP contribution in [0.3, 0.4) is 0 Å². The summed E-state index contributed by atoms with van der Waals surface area (Å²) < 4.78 is 5.43. The second-order valence-corrected chi connectivity index (χ2v) is 11.3. The molecule has 2 N–H and O–H groups in total. The summed E-state index contributed by atoms with van der Waals surface area (Å²) in [7, 11) is 0. The van der Waals surface area contributed by atoms with Gasteiger partial charge in [-0.05, 0) is 68.5 Å². The van der Waals surface area contributed by atoms with Gasteiger partial charge in [0.15, 0.2) is 0 Å². The van der Waals surface area contributed by atoms with E-state index in [0.717, 1.165) is 16.3 Å². The molecule has 0 aliphatic heterocycles. The fourth-order valence-corrected chi connectivity index (χ4v) is 4.52. The third-order valence-electron chi connectivity index (χ3n) is 6.29. The van der Waals surface area contributed by atoms with Gasteiger partial charge in [0.25, 0.3) is 5.91 Å². The molecule has 3 aromatic rings. The van der Waals surface area contributed by atoms with Crippen LogP contribution in [0.1, 0.15) is 65.1 Å². The lowest BCUT2D eigenvalue weighted by Gasteiger charge is -2.35. The van der Waals surface area contributed by atoms with Crippen LogP contribution >= 0.6 is 0 Å². The Morgan fingerprint density at radius 3 is 2.23 bits per heavy atom. The Bertz CT molecular complexity index is 1310. The number of amides is 3. The molecular formula is C32H41N3O4. The topological polar surface area (TPSA) is 87.7 Å². The maximum atomic E-state index is 14.1. The van der Waals surface area contributed by atoms with Crippen LogP contribution in [-0.2, 0) is 14.3 Å². The minimum Gasteiger partial charge on any atom is -0.444 e. The third kappa shape index (κ3) is 8.06. The van der Waals surface area contributed by atoms with E-state index in [1.54, 1.807) is 25.7 Å². The van der Waals surface area contributed by atoms with Crippen molar-refractivity contribution in [1.29, 1.82) is 0 Å². The van der Waals surface area contributed by atoms with E-state index in [1.807, 2.05) is 94.4 Å². The van der Waals surface area contributed by atoms with Gasteiger partial charge in [0.2, 0.25) is 5.91 Å². The molecule has 3 amide bonds. The number of rotatable bonds is 9. The van der Waals surface area contributed by atoms with E-state index in [-0.39, 0.29) is 17.7 Å². The zero-order chi connectivity index (χ0) is 28.7. The molecule has 2 unspecified atom stereocenters. The molecule has 0 heterocycles. The highest BCUT2D eigenvalue weighted by Gasteiger charge is 2.37. The number of benzene rings is 3. The SMILES string of the molecule is CCCN(C(=O)C(NC(=O)OC(C)(C)C)C(C)C)C(C(=O)Nc1ccc2ccccc2c1)c1cccc(C)c1. The zero-order valence-corrected chi connectivity index (χ0v) is 24.1. The van der Waals surface area contributed by atoms with E-state index in [9.17, 15) is 14.4 Å². The molecule has 0 aliphatic carbocycles. The van der Waals surface area contributed by atoms with Crippen molar-refractivity contribution in [2.75, 3.05) is 11.9 Å². The van der Waals surface area contributed by atoms with Crippen LogP contribution in [0.2, 0.25) is 0 Å². The van der Waals surface area contributed by atoms with Gasteiger partial charge in [-0.3, -0.25) is 9.59 Å². The largest absolute Gasteiger partial charge is 0.444 e. The van der Waals surface area contributed by atoms with E-state index in [0.29, 0.717) is 24.2 Å². The average molecular weight is 532 g/mol. The highest BCUT2D eigenvalue weighted by molar-refractivity contribution is 6.00. The molecular weight excluding hydrogens is 490 g/mol. The van der Waals surface area contributed by atoms with Crippen molar-refractivity contribution in [3.8, 4) is 0 Å². The van der Waals surface area contributed by atoms with Gasteiger partial charge in [0.05, 0.1) is 0 Å². The lowest BCUT2D eigenvalue weighted by molar-refractivity contribution is -0.141. The molecule has 0 spiro atoms. The number of hydrogen-bond acceptors (Lipinski definition) is 4. The van der Waals surface area contributed by atoms with Crippen molar-refractivity contribution in [3.63, 3.8) is 0 Å². The van der Waals surface area contributed by atoms with Crippen LogP contribution in [0.5, 0.6) is 0 Å². The van der Waals surface area contributed by atoms with Gasteiger partial charge in [-0.15, -0.1) is 0 Å². The maximum Gasteiger partial charge on any atom is 0.408 e. The molecule has 0 radical (unpaired) electrons. The fraction of sp³-hybridized carbons (Fsp3) is 0.406. The second kappa shape index (κ2) is 12.8. The summed E-state index contributed by atoms with van der Waals surface area (Å²) in [6, 6.07) is 19.5. The molecule has 208 valence electrons. The van der Waals surface area contributed by atoms with Crippen molar-refractivity contribution in [2.24, 2.45) is 5.92 Å². The molecule has 0 bridgehead atoms. The summed E-state index contributed by atoms with van der Waals surface area (Å²) in [6.45, 7) is 13.3. The first kappa shape index (κ1) is 29.7. The first-order chi connectivity index (χ1) is 18.4. The molecule has 39 heavy (non-hydrogen) atoms. The molecule has 0 fully saturated rings. The molecule has 0 aromatic heterocycles. The number of carbonyl (C=O) groups excluding carboxylic acids is 3. The fourth-order valence-electron chi connectivity index (χ4n) is 4.52. The van der Waals surface area contributed by atoms with Crippen LogP contribution in [0.25, 0.3) is 10.8 Å². The van der Waals surface area contributed by atoms with Crippen molar-refractivity contribution >= 4 is 34.4 Å². The monoisotopic (exact) mass is 531 g/mol. The van der Waals surface area contributed by atoms with Crippen LogP contribution in [0, 0.1) is 12.8 Å². The predicted molar refractivity (Wildman–Crippen MR) is 156 cm³/mol. The second-order valence-electron chi connectivity index (χ2n) is 11.3. The number of alkyl carbamates (subject to hydrolysis) is 1. The minimum absolute atomic E-state index is 0.230. The van der Waals surface area contributed by atoms with Crippen molar-refractivity contribution < 1.29 is 19.1 Å². The van der Waals surface area contributed by atoms with E-state index in [1.165, 1.54) is 0 Å². The van der Waals surface area contributed by atoms with Gasteiger partial charge < -0.3 is 20.3 Å². The number of ether oxygens (including phenoxy) is 1. The van der Waals surface area contributed by atoms with Gasteiger partial charge >= 0.3 is 6.09 Å². The summed E-state index contributed by atoms with van der Waals surface area (Å²) >= 11 is 0. The molecule has 7 heteroatoms. The van der Waals surface area contributed by atoms with Crippen molar-refractivity contribution in [2.45, 2.75) is 72.6 Å². The summed E-state index contributed by atoms with van der Waals surface area (Å²) in [5, 5.41) is 7.87. The third-order valence-corrected chi connectivity index (χ3v) is 6.29. The number of fused-ring (bicyclic) bond motifs is 1. The summed E-state index contributed by atoms with van der Waals surface area (Å²) in [4.78, 5) is 42.3. The first-order valence-corrected chi connectivity index (χ1v) is 13.6. The first-order valence-electron chi connectivity index (χ1n) is 13.6. The Morgan fingerprint density at radius 1 is 0.923 bits per heavy atom. The van der Waals surface area contributed by atoms with E-state index < -0.39 is 23.8 Å². The number of nitrogens with one attached hydrogen (secondary N) is 2. The molecule has 3 rings (SSSR count). The van der Waals surface area contributed by atoms with Gasteiger partial charge in [0, 0.05) is 12.2 Å². The Labute approximate surface area is 231 Å². The molecule has 0 aliphatic rings. The van der Waals surface area contributed by atoms with Gasteiger partial charge in [-0.2, -0.15) is 0 Å². The maximum absolute atomic E-state index is 14.1. The van der Waals surface area contributed by atoms with Crippen LogP contribution < -0.4 is 10.6 Å². The summed E-state index contributed by atoms with van der Waals surface area (Å²) in [6.07, 6.45) is -0.0344. The van der Waals surface area contributed by atoms with Crippen LogP contribution in [0.15, 0.2) is 66.7 Å². The minimum atomic E-state index is -0.898. The smallest absolute Gasteiger partial charge is 0.408 e. The Balaban J connectivity index is 1.99. The highest BCUT2D eigenvalue weighted by atomic mass is 16.6. The number of aryl methyl sites for hydroxylation is 1. The van der Waals surface area contributed by atoms with Gasteiger partial charge in [-0.1, -0.05) is 80.9 Å². The molecule has 0 saturated carbocycles. The standard InChI is InChI=1S/C32H41N3O4/c1-8-18-35(30(37)27(21(2)3)34-31(38)39-32(5,6)7)28(25-15-11-12-22(4)19-25)29(36)33-26-17-16-23-13-9-10-14-24(23)20-26/h9-17,19-21,27-28H,8,18H2,1-7H3,(H,33,36)(H,34,38). The molecule has 0 saturated heterocycles. The number of nitrogens with zero attached hydrogens (tertiary/aromatic N) is 1. The van der Waals surface area contributed by atoms with Gasteiger partial charge in [-0.25, -0.2) is 4.79 Å². The molecule has 2 atom stereocenters. The van der Waals surface area contributed by atoms with Crippen molar-refractivity contribution in [1.82, 2.24) is 10.2 Å². The quantitative estimate of drug-likeness (QED) is 0.325. The molecule has 7 nitrogen and oxygen atoms in total. The summed E-state index contributed by atoms with van der Waals surface area (Å²) in [5.74, 6) is -0.888. The van der Waals surface area contributed by atoms with E-state index in [2.05, 4.69) is 10.6 Å². The summed E-state index contributed by atoms with van der Waals surface area (Å²) in [5.41, 5.74) is 1.62. The lowest BCUT2D eigenvalue weighted by atomic mass is 9.97. The predicted octanol–water partition coefficient (Wildman–Crippen LogP) is 6.62. The van der Waals surface area contributed by atoms with E-state index in [4.69, 9.17) is 4.74 Å². The van der Waals surface area contributed by atoms with Crippen LogP contribution in [-0.4, -0.2) is 41.0 Å². The zero-order valence-electron chi connectivity index (χ0n) is 24.1. The van der Waals surface area contributed by atoms with Gasteiger partial charge in [0.1, 0.15) is 17.7 Å². The number of anilines is 1. The number of carbonyl (C=O) groups is 3. The normalized spacial score (nSPS) is 13.0. The average Bonchev–Trinajstić information content (AvgIpc) is 2.85. The lowest BCUT2D eigenvalue weighted by Crippen LogP contribution is -2.54. The van der Waals surface area contributed by atoms with E-state index >= 15 is 0 Å². The number of hydrogen-bond donors (Lipinski definition) is 2. The Morgan fingerprint density at radius 2 is 1.62 bits per heavy atom. The molecule has 3 aromatic carbocycles. The van der Waals surface area contributed by atoms with Crippen LogP contribution in [0.4, 0.5) is 10.5 Å². The Kier molecular flexibility index (Phi) is 9.73. The Hall–Kier alpha value is -3.87.